The van der Waals surface area contributed by atoms with E-state index in [1.807, 2.05) is 12.7 Å². The van der Waals surface area contributed by atoms with Crippen molar-refractivity contribution in [3.8, 4) is 22.5 Å². The molecule has 0 atom stereocenters. The van der Waals surface area contributed by atoms with Crippen LogP contribution in [0.25, 0.3) is 33.5 Å². The molecular weight excluding hydrogens is 476 g/mol. The molecule has 0 amide bonds. The Morgan fingerprint density at radius 2 is 1.15 bits per heavy atom. The minimum absolute atomic E-state index is 0.403. The molecular formula is C35H42N4. The Morgan fingerprint density at radius 3 is 1.69 bits per heavy atom. The molecule has 0 radical (unpaired) electrons. The van der Waals surface area contributed by atoms with Crippen molar-refractivity contribution in [1.82, 2.24) is 19.1 Å². The number of aryl methyl sites for hydroxylation is 3. The van der Waals surface area contributed by atoms with Crippen molar-refractivity contribution >= 4 is 11.0 Å². The Morgan fingerprint density at radius 1 is 0.590 bits per heavy atom. The summed E-state index contributed by atoms with van der Waals surface area (Å²) in [6, 6.07) is 16.3. The molecule has 0 aliphatic heterocycles. The van der Waals surface area contributed by atoms with E-state index in [0.717, 1.165) is 33.8 Å². The van der Waals surface area contributed by atoms with Gasteiger partial charge in [0, 0.05) is 17.1 Å². The van der Waals surface area contributed by atoms with Gasteiger partial charge in [-0.15, -0.1) is 0 Å². The zero-order valence-corrected chi connectivity index (χ0v) is 25.2. The number of fused-ring (bicyclic) bond motifs is 1. The van der Waals surface area contributed by atoms with Gasteiger partial charge in [-0.1, -0.05) is 53.7 Å². The lowest BCUT2D eigenvalue weighted by Gasteiger charge is -2.24. The van der Waals surface area contributed by atoms with Gasteiger partial charge in [-0.25, -0.2) is 9.97 Å². The van der Waals surface area contributed by atoms with Crippen molar-refractivity contribution in [1.29, 1.82) is 0 Å². The summed E-state index contributed by atoms with van der Waals surface area (Å²) in [5, 5.41) is 0. The highest BCUT2D eigenvalue weighted by Gasteiger charge is 2.21. The average Bonchev–Trinajstić information content (AvgIpc) is 3.45. The van der Waals surface area contributed by atoms with E-state index in [2.05, 4.69) is 126 Å². The summed E-state index contributed by atoms with van der Waals surface area (Å²) in [5.74, 6) is 1.29. The Labute approximate surface area is 233 Å². The predicted octanol–water partition coefficient (Wildman–Crippen LogP) is 9.48. The van der Waals surface area contributed by atoms with E-state index in [9.17, 15) is 0 Å². The average molecular weight is 519 g/mol. The third-order valence-electron chi connectivity index (χ3n) is 8.29. The first-order valence-electron chi connectivity index (χ1n) is 14.2. The molecule has 0 spiro atoms. The topological polar surface area (TPSA) is 35.6 Å². The Kier molecular flexibility index (Phi) is 7.00. The van der Waals surface area contributed by atoms with Crippen LogP contribution in [0.4, 0.5) is 0 Å². The highest BCUT2D eigenvalue weighted by Crippen LogP contribution is 2.40. The molecule has 0 bridgehead atoms. The van der Waals surface area contributed by atoms with Gasteiger partial charge in [0.1, 0.15) is 6.33 Å². The van der Waals surface area contributed by atoms with Crippen LogP contribution in [0.2, 0.25) is 0 Å². The maximum absolute atomic E-state index is 4.79. The number of benzene rings is 3. The molecule has 2 heterocycles. The Bertz CT molecular complexity index is 1650. The lowest BCUT2D eigenvalue weighted by atomic mass is 9.81. The maximum atomic E-state index is 4.79. The van der Waals surface area contributed by atoms with Gasteiger partial charge in [-0.2, -0.15) is 0 Å². The zero-order chi connectivity index (χ0) is 28.2. The van der Waals surface area contributed by atoms with Gasteiger partial charge in [0.25, 0.3) is 0 Å². The standard InChI is InChI=1S/C35H42N4/c1-20(2)27-15-31(21(3)4)35(32(16-27)22(5)6)28-13-29(38-18-36-25(9)26(38)10)17-30(14-28)39-19-37-33-11-23(7)24(8)12-34(33)39/h11-22H,1-10H3. The predicted molar refractivity (Wildman–Crippen MR) is 165 cm³/mol. The second-order valence-electron chi connectivity index (χ2n) is 12.1. The van der Waals surface area contributed by atoms with Gasteiger partial charge < -0.3 is 4.57 Å². The van der Waals surface area contributed by atoms with Crippen LogP contribution in [0, 0.1) is 27.7 Å². The molecule has 2 aromatic heterocycles. The first-order chi connectivity index (χ1) is 18.5. The number of rotatable bonds is 6. The van der Waals surface area contributed by atoms with Crippen molar-refractivity contribution < 1.29 is 0 Å². The molecule has 202 valence electrons. The molecule has 0 aliphatic rings. The number of hydrogen-bond donors (Lipinski definition) is 0. The summed E-state index contributed by atoms with van der Waals surface area (Å²) in [4.78, 5) is 9.41. The lowest BCUT2D eigenvalue weighted by Crippen LogP contribution is -2.05. The molecule has 0 fully saturated rings. The van der Waals surface area contributed by atoms with Crippen molar-refractivity contribution in [2.75, 3.05) is 0 Å². The van der Waals surface area contributed by atoms with Gasteiger partial charge in [0.2, 0.25) is 0 Å². The van der Waals surface area contributed by atoms with Crippen LogP contribution in [0.15, 0.2) is 55.1 Å². The van der Waals surface area contributed by atoms with Crippen molar-refractivity contribution in [2.45, 2.75) is 87.0 Å². The Hall–Kier alpha value is -3.66. The van der Waals surface area contributed by atoms with E-state index in [1.54, 1.807) is 0 Å². The molecule has 0 saturated carbocycles. The lowest BCUT2D eigenvalue weighted by molar-refractivity contribution is 0.807. The van der Waals surface area contributed by atoms with Gasteiger partial charge >= 0.3 is 0 Å². The summed E-state index contributed by atoms with van der Waals surface area (Å²) in [6.45, 7) is 22.4. The third-order valence-corrected chi connectivity index (χ3v) is 8.29. The molecule has 0 unspecified atom stereocenters. The molecule has 0 aliphatic carbocycles. The molecule has 4 heteroatoms. The fourth-order valence-corrected chi connectivity index (χ4v) is 5.54. The fraction of sp³-hybridized carbons (Fsp3) is 0.371. The highest BCUT2D eigenvalue weighted by molar-refractivity contribution is 5.82. The van der Waals surface area contributed by atoms with Crippen LogP contribution in [-0.2, 0) is 0 Å². The summed E-state index contributed by atoms with van der Waals surface area (Å²) in [7, 11) is 0. The largest absolute Gasteiger partial charge is 0.303 e. The van der Waals surface area contributed by atoms with Crippen molar-refractivity contribution in [3.05, 3.63) is 94.3 Å². The molecule has 39 heavy (non-hydrogen) atoms. The van der Waals surface area contributed by atoms with E-state index in [4.69, 9.17) is 4.98 Å². The number of aromatic nitrogens is 4. The highest BCUT2D eigenvalue weighted by atomic mass is 15.1. The van der Waals surface area contributed by atoms with Gasteiger partial charge in [0.15, 0.2) is 0 Å². The smallest absolute Gasteiger partial charge is 0.100 e. The SMILES string of the molecule is Cc1cc2ncn(-c3cc(-c4c(C(C)C)cc(C(C)C)cc4C(C)C)cc(-n4cnc(C)c4C)c3)c2cc1C. The van der Waals surface area contributed by atoms with Crippen LogP contribution in [-0.4, -0.2) is 19.1 Å². The summed E-state index contributed by atoms with van der Waals surface area (Å²) >= 11 is 0. The molecule has 5 aromatic rings. The van der Waals surface area contributed by atoms with E-state index in [1.165, 1.54) is 38.9 Å². The summed E-state index contributed by atoms with van der Waals surface area (Å²) in [5.41, 5.74) is 15.9. The van der Waals surface area contributed by atoms with Crippen LogP contribution >= 0.6 is 0 Å². The molecule has 3 aromatic carbocycles. The molecule has 4 nitrogen and oxygen atoms in total. The minimum atomic E-state index is 0.403. The quantitative estimate of drug-likeness (QED) is 0.224. The van der Waals surface area contributed by atoms with E-state index >= 15 is 0 Å². The van der Waals surface area contributed by atoms with Gasteiger partial charge in [-0.3, -0.25) is 4.57 Å². The van der Waals surface area contributed by atoms with E-state index in [-0.39, 0.29) is 0 Å². The van der Waals surface area contributed by atoms with Crippen LogP contribution in [0.5, 0.6) is 0 Å². The van der Waals surface area contributed by atoms with Gasteiger partial charge in [0.05, 0.1) is 23.1 Å². The number of nitrogens with zero attached hydrogens (tertiary/aromatic N) is 4. The van der Waals surface area contributed by atoms with Crippen LogP contribution in [0.3, 0.4) is 0 Å². The molecule has 5 rings (SSSR count). The van der Waals surface area contributed by atoms with Crippen LogP contribution < -0.4 is 0 Å². The maximum Gasteiger partial charge on any atom is 0.100 e. The first-order valence-corrected chi connectivity index (χ1v) is 14.2. The van der Waals surface area contributed by atoms with E-state index in [0.29, 0.717) is 17.8 Å². The normalized spacial score (nSPS) is 12.0. The first kappa shape index (κ1) is 26.9. The minimum Gasteiger partial charge on any atom is -0.303 e. The molecule has 0 N–H and O–H groups in total. The van der Waals surface area contributed by atoms with Crippen LogP contribution in [0.1, 0.15) is 98.5 Å². The Balaban J connectivity index is 1.86. The monoisotopic (exact) mass is 518 g/mol. The second kappa shape index (κ2) is 10.1. The van der Waals surface area contributed by atoms with Crippen molar-refractivity contribution in [3.63, 3.8) is 0 Å². The summed E-state index contributed by atoms with van der Waals surface area (Å²) < 4.78 is 4.45. The van der Waals surface area contributed by atoms with Crippen molar-refractivity contribution in [2.24, 2.45) is 0 Å². The zero-order valence-electron chi connectivity index (χ0n) is 25.2. The summed E-state index contributed by atoms with van der Waals surface area (Å²) in [6.07, 6.45) is 3.91. The van der Waals surface area contributed by atoms with E-state index < -0.39 is 0 Å². The number of imidazole rings is 2. The second-order valence-corrected chi connectivity index (χ2v) is 12.1. The van der Waals surface area contributed by atoms with Gasteiger partial charge in [-0.05, 0) is 115 Å². The number of hydrogen-bond acceptors (Lipinski definition) is 2. The third kappa shape index (κ3) is 4.82. The fourth-order valence-electron chi connectivity index (χ4n) is 5.54. The molecule has 0 saturated heterocycles.